The van der Waals surface area contributed by atoms with E-state index in [1.54, 1.807) is 11.5 Å². The summed E-state index contributed by atoms with van der Waals surface area (Å²) in [5, 5.41) is 0. The van der Waals surface area contributed by atoms with Crippen molar-refractivity contribution in [3.63, 3.8) is 0 Å². The monoisotopic (exact) mass is 635 g/mol. The average molecular weight is 636 g/mol. The number of fused-ring (bicyclic) bond motifs is 1. The van der Waals surface area contributed by atoms with Gasteiger partial charge in [0.25, 0.3) is 5.56 Å². The zero-order valence-electron chi connectivity index (χ0n) is 26.4. The second-order valence-corrected chi connectivity index (χ2v) is 12.5. The van der Waals surface area contributed by atoms with Gasteiger partial charge in [0.15, 0.2) is 4.80 Å². The third kappa shape index (κ3) is 5.59. The maximum Gasteiger partial charge on any atom is 0.338 e. The molecular weight excluding hydrogens is 603 g/mol. The molecule has 0 spiro atoms. The molecule has 0 saturated carbocycles. The largest absolute Gasteiger partial charge is 0.463 e. The molecule has 0 bridgehead atoms. The molecule has 6 nitrogen and oxygen atoms in total. The number of thiazole rings is 1. The highest BCUT2D eigenvalue weighted by atomic mass is 32.1. The first kappa shape index (κ1) is 30.1. The molecule has 0 unspecified atom stereocenters. The van der Waals surface area contributed by atoms with E-state index in [0.717, 1.165) is 44.9 Å². The highest BCUT2D eigenvalue weighted by Gasteiger charge is 2.33. The number of ether oxygens (including phenoxy) is 1. The van der Waals surface area contributed by atoms with Crippen LogP contribution in [0.15, 0.2) is 142 Å². The highest BCUT2D eigenvalue weighted by molar-refractivity contribution is 7.07. The SMILES string of the molecule is CCOC(=O)C1=C(C)N=c2s/c(=C\c3cc(-c4ccccc4)n(-c4ccccc4)c3-c3ccccc3)c(=O)n2[C@H]1c1ccc(C)cc1. The van der Waals surface area contributed by atoms with Crippen LogP contribution >= 0.6 is 11.3 Å². The molecule has 1 aliphatic rings. The van der Waals surface area contributed by atoms with E-state index in [1.165, 1.54) is 11.3 Å². The van der Waals surface area contributed by atoms with E-state index in [9.17, 15) is 9.59 Å². The summed E-state index contributed by atoms with van der Waals surface area (Å²) in [6.45, 7) is 5.83. The number of nitrogens with zero attached hydrogens (tertiary/aromatic N) is 3. The lowest BCUT2D eigenvalue weighted by atomic mass is 9.95. The first-order valence-electron chi connectivity index (χ1n) is 15.6. The number of hydrogen-bond donors (Lipinski definition) is 0. The summed E-state index contributed by atoms with van der Waals surface area (Å²) in [5.74, 6) is -0.465. The van der Waals surface area contributed by atoms with Crippen LogP contribution in [0.1, 0.15) is 36.6 Å². The molecular formula is C40H33N3O3S. The van der Waals surface area contributed by atoms with Gasteiger partial charge in [-0.25, -0.2) is 9.79 Å². The maximum absolute atomic E-state index is 14.5. The Morgan fingerprint density at radius 2 is 1.47 bits per heavy atom. The van der Waals surface area contributed by atoms with Gasteiger partial charge in [-0.15, -0.1) is 0 Å². The Kier molecular flexibility index (Phi) is 8.14. The van der Waals surface area contributed by atoms with Crippen LogP contribution in [0.4, 0.5) is 0 Å². The van der Waals surface area contributed by atoms with Gasteiger partial charge < -0.3 is 9.30 Å². The van der Waals surface area contributed by atoms with Gasteiger partial charge in [0.2, 0.25) is 0 Å². The zero-order valence-corrected chi connectivity index (χ0v) is 27.2. The number of hydrogen-bond acceptors (Lipinski definition) is 5. The predicted octanol–water partition coefficient (Wildman–Crippen LogP) is 7.23. The fourth-order valence-electron chi connectivity index (χ4n) is 6.20. The molecule has 7 heteroatoms. The summed E-state index contributed by atoms with van der Waals surface area (Å²) in [6.07, 6.45) is 1.97. The van der Waals surface area contributed by atoms with Gasteiger partial charge in [0, 0.05) is 11.3 Å². The lowest BCUT2D eigenvalue weighted by Crippen LogP contribution is -2.39. The third-order valence-corrected chi connectivity index (χ3v) is 9.34. The predicted molar refractivity (Wildman–Crippen MR) is 188 cm³/mol. The molecule has 4 aromatic carbocycles. The van der Waals surface area contributed by atoms with Crippen molar-refractivity contribution in [1.82, 2.24) is 9.13 Å². The Hall–Kier alpha value is -5.53. The molecule has 0 radical (unpaired) electrons. The number of carbonyl (C=O) groups is 1. The molecule has 6 aromatic rings. The summed E-state index contributed by atoms with van der Waals surface area (Å²) in [4.78, 5) is 33.1. The minimum absolute atomic E-state index is 0.207. The van der Waals surface area contributed by atoms with Crippen LogP contribution < -0.4 is 14.9 Å². The zero-order chi connectivity index (χ0) is 32.5. The van der Waals surface area contributed by atoms with Crippen molar-refractivity contribution in [2.24, 2.45) is 4.99 Å². The van der Waals surface area contributed by atoms with Crippen LogP contribution in [0, 0.1) is 6.92 Å². The Bertz CT molecular complexity index is 2300. The van der Waals surface area contributed by atoms with Crippen LogP contribution in [0.2, 0.25) is 0 Å². The average Bonchev–Trinajstić information content (AvgIpc) is 3.62. The second kappa shape index (κ2) is 12.7. The first-order chi connectivity index (χ1) is 22.9. The number of carbonyl (C=O) groups excluding carboxylic acids is 1. The smallest absolute Gasteiger partial charge is 0.338 e. The van der Waals surface area contributed by atoms with Crippen molar-refractivity contribution >= 4 is 23.4 Å². The Labute approximate surface area is 276 Å². The van der Waals surface area contributed by atoms with Crippen LogP contribution in [-0.2, 0) is 9.53 Å². The van der Waals surface area contributed by atoms with E-state index in [4.69, 9.17) is 9.73 Å². The van der Waals surface area contributed by atoms with Gasteiger partial charge in [-0.3, -0.25) is 9.36 Å². The number of benzene rings is 4. The van der Waals surface area contributed by atoms with Crippen molar-refractivity contribution in [1.29, 1.82) is 0 Å². The fraction of sp³-hybridized carbons (Fsp3) is 0.125. The van der Waals surface area contributed by atoms with E-state index < -0.39 is 12.0 Å². The Morgan fingerprint density at radius 3 is 2.11 bits per heavy atom. The quantitative estimate of drug-likeness (QED) is 0.174. The van der Waals surface area contributed by atoms with Crippen molar-refractivity contribution in [2.45, 2.75) is 26.8 Å². The molecule has 0 N–H and O–H groups in total. The molecule has 0 aliphatic carbocycles. The van der Waals surface area contributed by atoms with Crippen LogP contribution in [0.5, 0.6) is 0 Å². The standard InChI is InChI=1S/C40H33N3O3S/c1-4-46-39(45)35-27(3)41-40-43(37(35)30-22-20-26(2)21-23-30)38(44)34(47-40)25-31-24-33(28-14-8-5-9-15-28)42(32-18-12-7-13-19-32)36(31)29-16-10-6-11-17-29/h5-25,37H,4H2,1-3H3/b34-25-/t37-/m0/s1. The van der Waals surface area contributed by atoms with Gasteiger partial charge >= 0.3 is 5.97 Å². The topological polar surface area (TPSA) is 65.6 Å². The number of aromatic nitrogens is 2. The van der Waals surface area contributed by atoms with Crippen molar-refractivity contribution < 1.29 is 9.53 Å². The van der Waals surface area contributed by atoms with Gasteiger partial charge in [-0.1, -0.05) is 120 Å². The maximum atomic E-state index is 14.5. The number of rotatable bonds is 7. The molecule has 1 aliphatic heterocycles. The molecule has 232 valence electrons. The van der Waals surface area contributed by atoms with Gasteiger partial charge in [-0.05, 0) is 61.7 Å². The molecule has 1 atom stereocenters. The summed E-state index contributed by atoms with van der Waals surface area (Å²) in [5.41, 5.74) is 8.61. The van der Waals surface area contributed by atoms with Gasteiger partial charge in [0.1, 0.15) is 0 Å². The summed E-state index contributed by atoms with van der Waals surface area (Å²) >= 11 is 1.33. The van der Waals surface area contributed by atoms with Gasteiger partial charge in [0.05, 0.1) is 39.8 Å². The van der Waals surface area contributed by atoms with Crippen molar-refractivity contribution in [2.75, 3.05) is 6.61 Å². The molecule has 2 aromatic heterocycles. The van der Waals surface area contributed by atoms with E-state index >= 15 is 0 Å². The lowest BCUT2D eigenvalue weighted by molar-refractivity contribution is -0.139. The fourth-order valence-corrected chi connectivity index (χ4v) is 7.23. The first-order valence-corrected chi connectivity index (χ1v) is 16.4. The Balaban J connectivity index is 1.50. The molecule has 47 heavy (non-hydrogen) atoms. The van der Waals surface area contributed by atoms with E-state index in [1.807, 2.05) is 98.8 Å². The van der Waals surface area contributed by atoms with Crippen molar-refractivity contribution in [3.05, 3.63) is 169 Å². The summed E-state index contributed by atoms with van der Waals surface area (Å²) in [7, 11) is 0. The third-order valence-electron chi connectivity index (χ3n) is 8.36. The summed E-state index contributed by atoms with van der Waals surface area (Å²) < 4.78 is 9.90. The molecule has 0 amide bonds. The number of para-hydroxylation sites is 1. The second-order valence-electron chi connectivity index (χ2n) is 11.4. The molecule has 0 fully saturated rings. The number of esters is 1. The number of aryl methyl sites for hydroxylation is 1. The molecule has 0 saturated heterocycles. The molecule has 3 heterocycles. The van der Waals surface area contributed by atoms with E-state index in [0.29, 0.717) is 20.6 Å². The van der Waals surface area contributed by atoms with Crippen LogP contribution in [0.25, 0.3) is 34.3 Å². The van der Waals surface area contributed by atoms with Crippen LogP contribution in [-0.4, -0.2) is 21.7 Å². The van der Waals surface area contributed by atoms with E-state index in [-0.39, 0.29) is 12.2 Å². The minimum atomic E-state index is -0.657. The summed E-state index contributed by atoms with van der Waals surface area (Å²) in [6, 6.07) is 40.2. The number of allylic oxidation sites excluding steroid dienone is 1. The Morgan fingerprint density at radius 1 is 0.851 bits per heavy atom. The minimum Gasteiger partial charge on any atom is -0.463 e. The lowest BCUT2D eigenvalue weighted by Gasteiger charge is -2.24. The normalized spacial score (nSPS) is 14.5. The van der Waals surface area contributed by atoms with Crippen LogP contribution in [0.3, 0.4) is 0 Å². The van der Waals surface area contributed by atoms with Crippen molar-refractivity contribution in [3.8, 4) is 28.2 Å². The highest BCUT2D eigenvalue weighted by Crippen LogP contribution is 2.37. The molecule has 7 rings (SSSR count). The van der Waals surface area contributed by atoms with Gasteiger partial charge in [-0.2, -0.15) is 0 Å². The van der Waals surface area contributed by atoms with E-state index in [2.05, 4.69) is 47.0 Å².